The van der Waals surface area contributed by atoms with Gasteiger partial charge in [0.1, 0.15) is 15.7 Å². The Balaban J connectivity index is 0.000000302. The highest BCUT2D eigenvalue weighted by Crippen LogP contribution is 2.10. The van der Waals surface area contributed by atoms with Crippen LogP contribution in [-0.2, 0) is 19.6 Å². The zero-order chi connectivity index (χ0) is 26.3. The summed E-state index contributed by atoms with van der Waals surface area (Å²) in [7, 11) is -0.799. The van der Waals surface area contributed by atoms with E-state index in [2.05, 4.69) is 9.97 Å². The second-order valence-electron chi connectivity index (χ2n) is 7.14. The monoisotopic (exact) mass is 499 g/mol. The second kappa shape index (κ2) is 15.1. The van der Waals surface area contributed by atoms with Crippen molar-refractivity contribution in [2.45, 2.75) is 18.7 Å². The van der Waals surface area contributed by atoms with E-state index in [4.69, 9.17) is 4.74 Å². The molecule has 186 valence electrons. The van der Waals surface area contributed by atoms with Gasteiger partial charge < -0.3 is 14.2 Å². The second-order valence-corrected chi connectivity index (χ2v) is 8.52. The van der Waals surface area contributed by atoms with Crippen molar-refractivity contribution in [1.82, 2.24) is 9.88 Å². The largest absolute Gasteiger partial charge is 0.744 e. The SMILES string of the molecule is CCOC(=O)C(=CN(C)C)C(=O)c1ccncc1.Cc1ccc(S(=O)(=O)[O-])cc1.c1cc[nH+]cc1. The van der Waals surface area contributed by atoms with Gasteiger partial charge in [-0.15, -0.1) is 0 Å². The molecular formula is C25H29N3O6S. The molecule has 2 aromatic heterocycles. The molecule has 10 heteroatoms. The summed E-state index contributed by atoms with van der Waals surface area (Å²) in [4.78, 5) is 32.1. The molecule has 0 saturated heterocycles. The lowest BCUT2D eigenvalue weighted by molar-refractivity contribution is -0.377. The number of carbonyl (C=O) groups excluding carboxylic acids is 2. The standard InChI is InChI=1S/C13H16N2O3.C7H8O3S.C5H5N/c1-4-18-13(17)11(9-15(2)3)12(16)10-5-7-14-8-6-10;1-6-2-4-7(5-3-6)11(8,9)10;1-2-4-6-5-3-1/h5-9H,4H2,1-3H3;2-5H,1H3,(H,8,9,10);1-5H. The molecule has 0 amide bonds. The highest BCUT2D eigenvalue weighted by molar-refractivity contribution is 7.85. The number of ketones is 1. The van der Waals surface area contributed by atoms with Crippen LogP contribution in [0.2, 0.25) is 0 Å². The number of rotatable bonds is 6. The zero-order valence-electron chi connectivity index (χ0n) is 20.0. The van der Waals surface area contributed by atoms with Crippen LogP contribution in [0.1, 0.15) is 22.8 Å². The van der Waals surface area contributed by atoms with E-state index in [1.165, 1.54) is 30.7 Å². The highest BCUT2D eigenvalue weighted by atomic mass is 32.2. The van der Waals surface area contributed by atoms with Gasteiger partial charge in [-0.3, -0.25) is 9.78 Å². The van der Waals surface area contributed by atoms with E-state index in [-0.39, 0.29) is 22.9 Å². The fraction of sp³-hybridized carbons (Fsp3) is 0.200. The van der Waals surface area contributed by atoms with E-state index in [0.717, 1.165) is 5.56 Å². The number of esters is 1. The average Bonchev–Trinajstić information content (AvgIpc) is 2.84. The van der Waals surface area contributed by atoms with Crippen molar-refractivity contribution in [1.29, 1.82) is 0 Å². The van der Waals surface area contributed by atoms with Crippen molar-refractivity contribution >= 4 is 21.9 Å². The van der Waals surface area contributed by atoms with Gasteiger partial charge >= 0.3 is 5.97 Å². The molecule has 35 heavy (non-hydrogen) atoms. The molecule has 0 aliphatic rings. The van der Waals surface area contributed by atoms with Gasteiger partial charge in [-0.2, -0.15) is 0 Å². The molecule has 0 unspecified atom stereocenters. The summed E-state index contributed by atoms with van der Waals surface area (Å²) in [5.41, 5.74) is 1.34. The van der Waals surface area contributed by atoms with Crippen molar-refractivity contribution in [3.8, 4) is 0 Å². The summed E-state index contributed by atoms with van der Waals surface area (Å²) in [6, 6.07) is 14.8. The maximum Gasteiger partial charge on any atom is 0.343 e. The predicted molar refractivity (Wildman–Crippen MR) is 129 cm³/mol. The fourth-order valence-corrected chi connectivity index (χ4v) is 2.85. The van der Waals surface area contributed by atoms with Crippen LogP contribution in [0.3, 0.4) is 0 Å². The number of hydrogen-bond acceptors (Lipinski definition) is 8. The van der Waals surface area contributed by atoms with E-state index >= 15 is 0 Å². The summed E-state index contributed by atoms with van der Waals surface area (Å²) in [6.07, 6.45) is 8.22. The number of nitrogens with one attached hydrogen (secondary N) is 1. The number of carbonyl (C=O) groups is 2. The van der Waals surface area contributed by atoms with Crippen molar-refractivity contribution in [3.05, 3.63) is 102 Å². The first kappa shape index (κ1) is 29.1. The molecule has 1 N–H and O–H groups in total. The maximum atomic E-state index is 12.2. The first-order valence-electron chi connectivity index (χ1n) is 10.5. The molecule has 3 rings (SSSR count). The Kier molecular flexibility index (Phi) is 12.6. The van der Waals surface area contributed by atoms with Crippen LogP contribution in [-0.4, -0.2) is 55.3 Å². The molecule has 0 aliphatic carbocycles. The summed E-state index contributed by atoms with van der Waals surface area (Å²) in [6.45, 7) is 3.75. The van der Waals surface area contributed by atoms with Gasteiger partial charge in [0.05, 0.1) is 11.5 Å². The minimum Gasteiger partial charge on any atom is -0.744 e. The van der Waals surface area contributed by atoms with E-state index in [1.54, 1.807) is 50.2 Å². The van der Waals surface area contributed by atoms with Crippen LogP contribution >= 0.6 is 0 Å². The number of H-pyrrole nitrogens is 1. The number of aromatic nitrogens is 2. The van der Waals surface area contributed by atoms with Gasteiger partial charge in [0.15, 0.2) is 12.4 Å². The number of aryl methyl sites for hydroxylation is 1. The normalized spacial score (nSPS) is 10.6. The first-order chi connectivity index (χ1) is 16.6. The molecule has 0 saturated carbocycles. The van der Waals surface area contributed by atoms with Crippen molar-refractivity contribution in [2.24, 2.45) is 0 Å². The molecule has 0 bridgehead atoms. The van der Waals surface area contributed by atoms with Crippen LogP contribution in [0, 0.1) is 6.92 Å². The molecule has 0 spiro atoms. The van der Waals surface area contributed by atoms with Gasteiger partial charge in [-0.1, -0.05) is 23.8 Å². The summed E-state index contributed by atoms with van der Waals surface area (Å²) < 4.78 is 36.0. The minimum absolute atomic E-state index is 0.00745. The number of pyridine rings is 2. The number of aromatic amines is 1. The predicted octanol–water partition coefficient (Wildman–Crippen LogP) is 2.67. The van der Waals surface area contributed by atoms with Gasteiger partial charge in [0.2, 0.25) is 5.78 Å². The number of Topliss-reactive ketones (excluding diaryl/α,β-unsaturated/α-hetero) is 1. The topological polar surface area (TPSA) is 131 Å². The van der Waals surface area contributed by atoms with E-state index in [0.29, 0.717) is 5.56 Å². The van der Waals surface area contributed by atoms with Gasteiger partial charge in [-0.25, -0.2) is 18.2 Å². The van der Waals surface area contributed by atoms with Gasteiger partial charge in [-0.05, 0) is 38.1 Å². The molecular weight excluding hydrogens is 470 g/mol. The smallest absolute Gasteiger partial charge is 0.343 e. The number of benzene rings is 1. The van der Waals surface area contributed by atoms with Crippen LogP contribution < -0.4 is 4.98 Å². The van der Waals surface area contributed by atoms with E-state index in [1.807, 2.05) is 37.5 Å². The molecule has 0 fully saturated rings. The quantitative estimate of drug-likeness (QED) is 0.126. The van der Waals surface area contributed by atoms with Crippen LogP contribution in [0.15, 0.2) is 96.1 Å². The number of nitrogens with zero attached hydrogens (tertiary/aromatic N) is 2. The Morgan fingerprint density at radius 3 is 2.00 bits per heavy atom. The molecule has 0 radical (unpaired) electrons. The minimum atomic E-state index is -4.27. The Morgan fingerprint density at radius 1 is 1.03 bits per heavy atom. The Labute approximate surface area is 205 Å². The molecule has 3 aromatic rings. The average molecular weight is 500 g/mol. The van der Waals surface area contributed by atoms with Crippen LogP contribution in [0.4, 0.5) is 0 Å². The third-order valence-electron chi connectivity index (χ3n) is 3.99. The summed E-state index contributed by atoms with van der Waals surface area (Å²) in [5, 5.41) is 0. The van der Waals surface area contributed by atoms with Crippen LogP contribution in [0.5, 0.6) is 0 Å². The fourth-order valence-electron chi connectivity index (χ4n) is 2.38. The van der Waals surface area contributed by atoms with E-state index in [9.17, 15) is 22.6 Å². The lowest BCUT2D eigenvalue weighted by Crippen LogP contribution is -2.19. The third kappa shape index (κ3) is 11.7. The van der Waals surface area contributed by atoms with E-state index < -0.39 is 16.1 Å². The summed E-state index contributed by atoms with van der Waals surface area (Å²) >= 11 is 0. The molecule has 1 aromatic carbocycles. The van der Waals surface area contributed by atoms with Gasteiger partial charge in [0.25, 0.3) is 0 Å². The molecule has 2 heterocycles. The van der Waals surface area contributed by atoms with Crippen LogP contribution in [0.25, 0.3) is 0 Å². The summed E-state index contributed by atoms with van der Waals surface area (Å²) in [5.74, 6) is -0.988. The van der Waals surface area contributed by atoms with Gasteiger partial charge in [0, 0.05) is 50.4 Å². The maximum absolute atomic E-state index is 12.2. The Hall–Kier alpha value is -3.89. The third-order valence-corrected chi connectivity index (χ3v) is 4.84. The molecule has 0 atom stereocenters. The molecule has 0 aliphatic heterocycles. The lowest BCUT2D eigenvalue weighted by atomic mass is 10.1. The van der Waals surface area contributed by atoms with Crippen molar-refractivity contribution in [3.63, 3.8) is 0 Å². The Bertz CT molecular complexity index is 1150. The first-order valence-corrected chi connectivity index (χ1v) is 11.9. The van der Waals surface area contributed by atoms with Crippen molar-refractivity contribution < 1.29 is 32.3 Å². The number of ether oxygens (including phenoxy) is 1. The lowest BCUT2D eigenvalue weighted by Gasteiger charge is -2.10. The molecule has 9 nitrogen and oxygen atoms in total. The Morgan fingerprint density at radius 2 is 1.60 bits per heavy atom. The number of hydrogen-bond donors (Lipinski definition) is 0. The highest BCUT2D eigenvalue weighted by Gasteiger charge is 2.21. The van der Waals surface area contributed by atoms with Crippen molar-refractivity contribution in [2.75, 3.05) is 20.7 Å². The zero-order valence-corrected chi connectivity index (χ0v) is 20.9.